The van der Waals surface area contributed by atoms with Gasteiger partial charge in [0.25, 0.3) is 0 Å². The normalized spacial score (nSPS) is 13.7. The van der Waals surface area contributed by atoms with Crippen molar-refractivity contribution in [3.05, 3.63) is 28.1 Å². The zero-order chi connectivity index (χ0) is 12.4. The SMILES string of the molecule is COC(=O)c1nc2c(c(C)c1C#N)CCCC2. The lowest BCUT2D eigenvalue weighted by atomic mass is 9.90. The van der Waals surface area contributed by atoms with Gasteiger partial charge in [-0.1, -0.05) is 0 Å². The highest BCUT2D eigenvalue weighted by Crippen LogP contribution is 2.26. The molecule has 0 amide bonds. The van der Waals surface area contributed by atoms with Crippen LogP contribution >= 0.6 is 0 Å². The topological polar surface area (TPSA) is 63.0 Å². The Labute approximate surface area is 100 Å². The number of fused-ring (bicyclic) bond motifs is 1. The summed E-state index contributed by atoms with van der Waals surface area (Å²) in [7, 11) is 1.31. The van der Waals surface area contributed by atoms with Gasteiger partial charge in [-0.3, -0.25) is 0 Å². The second-order valence-electron chi connectivity index (χ2n) is 4.20. The summed E-state index contributed by atoms with van der Waals surface area (Å²) in [5, 5.41) is 9.15. The van der Waals surface area contributed by atoms with Gasteiger partial charge in [0.05, 0.1) is 12.7 Å². The van der Waals surface area contributed by atoms with Crippen LogP contribution in [-0.4, -0.2) is 18.1 Å². The molecular formula is C13H14N2O2. The van der Waals surface area contributed by atoms with Crippen LogP contribution in [0, 0.1) is 18.3 Å². The Hall–Kier alpha value is -1.89. The van der Waals surface area contributed by atoms with E-state index in [1.54, 1.807) is 0 Å². The highest BCUT2D eigenvalue weighted by atomic mass is 16.5. The molecule has 0 aromatic carbocycles. The number of esters is 1. The number of rotatable bonds is 1. The summed E-state index contributed by atoms with van der Waals surface area (Å²) >= 11 is 0. The fourth-order valence-electron chi connectivity index (χ4n) is 2.32. The van der Waals surface area contributed by atoms with Crippen molar-refractivity contribution in [1.82, 2.24) is 4.98 Å². The van der Waals surface area contributed by atoms with Crippen LogP contribution in [0.3, 0.4) is 0 Å². The second-order valence-corrected chi connectivity index (χ2v) is 4.20. The van der Waals surface area contributed by atoms with Gasteiger partial charge in [0.2, 0.25) is 0 Å². The molecule has 0 saturated heterocycles. The number of methoxy groups -OCH3 is 1. The smallest absolute Gasteiger partial charge is 0.358 e. The number of ether oxygens (including phenoxy) is 1. The maximum Gasteiger partial charge on any atom is 0.358 e. The molecule has 0 saturated carbocycles. The Balaban J connectivity index is 2.65. The molecule has 0 radical (unpaired) electrons. The molecule has 17 heavy (non-hydrogen) atoms. The maximum atomic E-state index is 11.6. The molecule has 0 N–H and O–H groups in total. The maximum absolute atomic E-state index is 11.6. The summed E-state index contributed by atoms with van der Waals surface area (Å²) in [5.74, 6) is -0.530. The van der Waals surface area contributed by atoms with Gasteiger partial charge in [0.15, 0.2) is 5.69 Å². The third kappa shape index (κ3) is 1.89. The van der Waals surface area contributed by atoms with E-state index < -0.39 is 5.97 Å². The number of aromatic nitrogens is 1. The zero-order valence-corrected chi connectivity index (χ0v) is 10.0. The van der Waals surface area contributed by atoms with Gasteiger partial charge in [-0.15, -0.1) is 0 Å². The van der Waals surface area contributed by atoms with Crippen LogP contribution in [0.25, 0.3) is 0 Å². The molecular weight excluding hydrogens is 216 g/mol. The van der Waals surface area contributed by atoms with E-state index >= 15 is 0 Å². The van der Waals surface area contributed by atoms with Crippen LogP contribution < -0.4 is 0 Å². The van der Waals surface area contributed by atoms with E-state index in [2.05, 4.69) is 15.8 Å². The number of carbonyl (C=O) groups is 1. The molecule has 0 aliphatic heterocycles. The summed E-state index contributed by atoms with van der Waals surface area (Å²) in [5.41, 5.74) is 3.50. The van der Waals surface area contributed by atoms with Crippen molar-refractivity contribution >= 4 is 5.97 Å². The molecule has 1 aromatic rings. The standard InChI is InChI=1S/C13H14N2O2/c1-8-9-5-3-4-6-11(9)15-12(10(8)7-14)13(16)17-2/h3-6H2,1-2H3. The van der Waals surface area contributed by atoms with E-state index in [9.17, 15) is 4.79 Å². The fourth-order valence-corrected chi connectivity index (χ4v) is 2.32. The Morgan fingerprint density at radius 1 is 1.41 bits per heavy atom. The van der Waals surface area contributed by atoms with Crippen LogP contribution in [-0.2, 0) is 17.6 Å². The molecule has 0 atom stereocenters. The van der Waals surface area contributed by atoms with Gasteiger partial charge >= 0.3 is 5.97 Å². The third-order valence-electron chi connectivity index (χ3n) is 3.24. The lowest BCUT2D eigenvalue weighted by Gasteiger charge is -2.19. The molecule has 0 spiro atoms. The fraction of sp³-hybridized carbons (Fsp3) is 0.462. The Kier molecular flexibility index (Phi) is 3.10. The Morgan fingerprint density at radius 2 is 2.12 bits per heavy atom. The zero-order valence-electron chi connectivity index (χ0n) is 10.0. The molecule has 1 aliphatic carbocycles. The first-order valence-electron chi connectivity index (χ1n) is 5.69. The van der Waals surface area contributed by atoms with Crippen molar-refractivity contribution < 1.29 is 9.53 Å². The van der Waals surface area contributed by atoms with Crippen LogP contribution in [0.1, 0.15) is 45.7 Å². The van der Waals surface area contributed by atoms with Crippen LogP contribution in [0.15, 0.2) is 0 Å². The molecule has 1 heterocycles. The van der Waals surface area contributed by atoms with E-state index in [1.807, 2.05) is 6.92 Å². The van der Waals surface area contributed by atoms with E-state index in [0.717, 1.165) is 42.5 Å². The van der Waals surface area contributed by atoms with Crippen molar-refractivity contribution in [3.63, 3.8) is 0 Å². The first kappa shape index (κ1) is 11.6. The summed E-state index contributed by atoms with van der Waals surface area (Å²) in [4.78, 5) is 15.9. The quantitative estimate of drug-likeness (QED) is 0.691. The summed E-state index contributed by atoms with van der Waals surface area (Å²) in [6.45, 7) is 1.89. The van der Waals surface area contributed by atoms with Crippen molar-refractivity contribution in [2.45, 2.75) is 32.6 Å². The summed E-state index contributed by atoms with van der Waals surface area (Å²) in [6.07, 6.45) is 4.04. The monoisotopic (exact) mass is 230 g/mol. The lowest BCUT2D eigenvalue weighted by Crippen LogP contribution is -2.16. The molecule has 1 aromatic heterocycles. The number of carbonyl (C=O) groups excluding carboxylic acids is 1. The van der Waals surface area contributed by atoms with Crippen molar-refractivity contribution in [2.75, 3.05) is 7.11 Å². The number of hydrogen-bond acceptors (Lipinski definition) is 4. The molecule has 4 heteroatoms. The first-order chi connectivity index (χ1) is 8.19. The average Bonchev–Trinajstić information content (AvgIpc) is 2.37. The second kappa shape index (κ2) is 4.54. The molecule has 0 fully saturated rings. The van der Waals surface area contributed by atoms with E-state index in [4.69, 9.17) is 5.26 Å². The predicted octanol–water partition coefficient (Wildman–Crippen LogP) is 1.93. The molecule has 2 rings (SSSR count). The number of hydrogen-bond donors (Lipinski definition) is 0. The third-order valence-corrected chi connectivity index (χ3v) is 3.24. The minimum Gasteiger partial charge on any atom is -0.464 e. The minimum atomic E-state index is -0.530. The van der Waals surface area contributed by atoms with Gasteiger partial charge in [0, 0.05) is 5.69 Å². The predicted molar refractivity (Wildman–Crippen MR) is 61.7 cm³/mol. The minimum absolute atomic E-state index is 0.160. The van der Waals surface area contributed by atoms with Crippen molar-refractivity contribution in [2.24, 2.45) is 0 Å². The first-order valence-corrected chi connectivity index (χ1v) is 5.69. The van der Waals surface area contributed by atoms with Crippen molar-refractivity contribution in [3.8, 4) is 6.07 Å². The largest absolute Gasteiger partial charge is 0.464 e. The molecule has 4 nitrogen and oxygen atoms in total. The molecule has 0 bridgehead atoms. The van der Waals surface area contributed by atoms with Crippen LogP contribution in [0.4, 0.5) is 0 Å². The van der Waals surface area contributed by atoms with Crippen molar-refractivity contribution in [1.29, 1.82) is 5.26 Å². The Bertz CT molecular complexity index is 515. The van der Waals surface area contributed by atoms with Gasteiger partial charge in [-0.25, -0.2) is 9.78 Å². The average molecular weight is 230 g/mol. The van der Waals surface area contributed by atoms with E-state index in [0.29, 0.717) is 5.56 Å². The van der Waals surface area contributed by atoms with Gasteiger partial charge in [0.1, 0.15) is 6.07 Å². The van der Waals surface area contributed by atoms with Gasteiger partial charge < -0.3 is 4.74 Å². The van der Waals surface area contributed by atoms with Gasteiger partial charge in [-0.05, 0) is 43.7 Å². The Morgan fingerprint density at radius 3 is 2.76 bits per heavy atom. The summed E-state index contributed by atoms with van der Waals surface area (Å²) in [6, 6.07) is 2.07. The molecule has 88 valence electrons. The summed E-state index contributed by atoms with van der Waals surface area (Å²) < 4.78 is 4.67. The highest BCUT2D eigenvalue weighted by Gasteiger charge is 2.23. The van der Waals surface area contributed by atoms with Crippen LogP contribution in [0.5, 0.6) is 0 Å². The number of pyridine rings is 1. The number of nitriles is 1. The van der Waals surface area contributed by atoms with E-state index in [-0.39, 0.29) is 5.69 Å². The van der Waals surface area contributed by atoms with Crippen LogP contribution in [0.2, 0.25) is 0 Å². The number of nitrogens with zero attached hydrogens (tertiary/aromatic N) is 2. The number of aryl methyl sites for hydroxylation is 1. The van der Waals surface area contributed by atoms with Gasteiger partial charge in [-0.2, -0.15) is 5.26 Å². The lowest BCUT2D eigenvalue weighted by molar-refractivity contribution is 0.0593. The van der Waals surface area contributed by atoms with E-state index in [1.165, 1.54) is 7.11 Å². The molecule has 0 unspecified atom stereocenters. The highest BCUT2D eigenvalue weighted by molar-refractivity contribution is 5.90. The molecule has 1 aliphatic rings.